The van der Waals surface area contributed by atoms with Gasteiger partial charge in [-0.2, -0.15) is 0 Å². The van der Waals surface area contributed by atoms with Crippen molar-refractivity contribution in [3.05, 3.63) is 54.1 Å². The lowest BCUT2D eigenvalue weighted by atomic mass is 10.2. The SMILES string of the molecule is CCCCNC(=O)c1ccc(NCc2ccncc2)cn1. The molecule has 5 heteroatoms. The molecule has 0 aliphatic heterocycles. The largest absolute Gasteiger partial charge is 0.380 e. The van der Waals surface area contributed by atoms with E-state index in [9.17, 15) is 4.79 Å². The number of pyridine rings is 2. The van der Waals surface area contributed by atoms with E-state index in [0.29, 0.717) is 18.8 Å². The van der Waals surface area contributed by atoms with E-state index < -0.39 is 0 Å². The second-order valence-corrected chi connectivity index (χ2v) is 4.75. The van der Waals surface area contributed by atoms with Crippen molar-refractivity contribution < 1.29 is 4.79 Å². The molecule has 0 bridgehead atoms. The van der Waals surface area contributed by atoms with Gasteiger partial charge in [-0.25, -0.2) is 4.98 Å². The zero-order valence-corrected chi connectivity index (χ0v) is 12.2. The van der Waals surface area contributed by atoms with Gasteiger partial charge in [-0.1, -0.05) is 13.3 Å². The van der Waals surface area contributed by atoms with Crippen LogP contribution in [0.5, 0.6) is 0 Å². The predicted octanol–water partition coefficient (Wildman–Crippen LogP) is 2.62. The molecular formula is C16H20N4O. The molecule has 2 aromatic rings. The number of amides is 1. The summed E-state index contributed by atoms with van der Waals surface area (Å²) in [7, 11) is 0. The first kappa shape index (κ1) is 15.0. The molecule has 0 aliphatic carbocycles. The quantitative estimate of drug-likeness (QED) is 0.767. The molecule has 0 saturated heterocycles. The van der Waals surface area contributed by atoms with Crippen LogP contribution >= 0.6 is 0 Å². The third kappa shape index (κ3) is 4.87. The number of nitrogens with one attached hydrogen (secondary N) is 2. The highest BCUT2D eigenvalue weighted by molar-refractivity contribution is 5.92. The van der Waals surface area contributed by atoms with Gasteiger partial charge in [-0.15, -0.1) is 0 Å². The first-order chi connectivity index (χ1) is 10.3. The van der Waals surface area contributed by atoms with E-state index in [0.717, 1.165) is 24.1 Å². The van der Waals surface area contributed by atoms with Gasteiger partial charge in [-0.3, -0.25) is 9.78 Å². The van der Waals surface area contributed by atoms with Crippen molar-refractivity contribution in [2.45, 2.75) is 26.3 Å². The van der Waals surface area contributed by atoms with Gasteiger partial charge in [0, 0.05) is 25.5 Å². The summed E-state index contributed by atoms with van der Waals surface area (Å²) >= 11 is 0. The normalized spacial score (nSPS) is 10.1. The lowest BCUT2D eigenvalue weighted by molar-refractivity contribution is 0.0948. The molecule has 1 amide bonds. The predicted molar refractivity (Wildman–Crippen MR) is 83.0 cm³/mol. The van der Waals surface area contributed by atoms with E-state index in [1.807, 2.05) is 18.2 Å². The van der Waals surface area contributed by atoms with E-state index in [4.69, 9.17) is 0 Å². The summed E-state index contributed by atoms with van der Waals surface area (Å²) in [5.41, 5.74) is 2.48. The fourth-order valence-corrected chi connectivity index (χ4v) is 1.81. The van der Waals surface area contributed by atoms with Crippen molar-refractivity contribution in [1.29, 1.82) is 0 Å². The van der Waals surface area contributed by atoms with Crippen LogP contribution in [-0.2, 0) is 6.54 Å². The van der Waals surface area contributed by atoms with Crippen molar-refractivity contribution >= 4 is 11.6 Å². The van der Waals surface area contributed by atoms with Crippen molar-refractivity contribution in [1.82, 2.24) is 15.3 Å². The van der Waals surface area contributed by atoms with Crippen LogP contribution in [0.1, 0.15) is 35.8 Å². The summed E-state index contributed by atoms with van der Waals surface area (Å²) < 4.78 is 0. The molecule has 0 aliphatic rings. The third-order valence-electron chi connectivity index (χ3n) is 3.06. The Morgan fingerprint density at radius 3 is 2.67 bits per heavy atom. The van der Waals surface area contributed by atoms with Crippen molar-refractivity contribution in [3.63, 3.8) is 0 Å². The molecule has 0 saturated carbocycles. The average molecular weight is 284 g/mol. The first-order valence-electron chi connectivity index (χ1n) is 7.16. The Balaban J connectivity index is 1.85. The molecule has 0 fully saturated rings. The molecular weight excluding hydrogens is 264 g/mol. The van der Waals surface area contributed by atoms with Crippen LogP contribution in [0.15, 0.2) is 42.9 Å². The van der Waals surface area contributed by atoms with Gasteiger partial charge in [0.05, 0.1) is 11.9 Å². The maximum Gasteiger partial charge on any atom is 0.269 e. The van der Waals surface area contributed by atoms with Crippen molar-refractivity contribution in [3.8, 4) is 0 Å². The van der Waals surface area contributed by atoms with Crippen LogP contribution in [0.3, 0.4) is 0 Å². The highest BCUT2D eigenvalue weighted by atomic mass is 16.1. The second kappa shape index (κ2) is 7.99. The number of unbranched alkanes of at least 4 members (excludes halogenated alkanes) is 1. The Bertz CT molecular complexity index is 554. The number of hydrogen-bond donors (Lipinski definition) is 2. The molecule has 2 rings (SSSR count). The monoisotopic (exact) mass is 284 g/mol. The van der Waals surface area contributed by atoms with Crippen LogP contribution < -0.4 is 10.6 Å². The Kier molecular flexibility index (Phi) is 5.70. The number of rotatable bonds is 7. The number of aromatic nitrogens is 2. The van der Waals surface area contributed by atoms with Crippen molar-refractivity contribution in [2.75, 3.05) is 11.9 Å². The maximum atomic E-state index is 11.8. The average Bonchev–Trinajstić information content (AvgIpc) is 2.54. The molecule has 5 nitrogen and oxygen atoms in total. The van der Waals surface area contributed by atoms with E-state index in [-0.39, 0.29) is 5.91 Å². The third-order valence-corrected chi connectivity index (χ3v) is 3.06. The van der Waals surface area contributed by atoms with Gasteiger partial charge < -0.3 is 10.6 Å². The summed E-state index contributed by atoms with van der Waals surface area (Å²) in [5, 5.41) is 6.11. The summed E-state index contributed by atoms with van der Waals surface area (Å²) in [4.78, 5) is 20.0. The van der Waals surface area contributed by atoms with E-state index in [1.165, 1.54) is 0 Å². The highest BCUT2D eigenvalue weighted by Crippen LogP contribution is 2.08. The molecule has 0 unspecified atom stereocenters. The van der Waals surface area contributed by atoms with E-state index in [1.54, 1.807) is 24.7 Å². The lowest BCUT2D eigenvalue weighted by Crippen LogP contribution is -2.25. The fraction of sp³-hybridized carbons (Fsp3) is 0.312. The Morgan fingerprint density at radius 2 is 2.00 bits per heavy atom. The van der Waals surface area contributed by atoms with Gasteiger partial charge in [0.2, 0.25) is 0 Å². The van der Waals surface area contributed by atoms with Crippen LogP contribution in [0.4, 0.5) is 5.69 Å². The van der Waals surface area contributed by atoms with Crippen LogP contribution in [0, 0.1) is 0 Å². The zero-order chi connectivity index (χ0) is 14.9. The minimum atomic E-state index is -0.121. The minimum Gasteiger partial charge on any atom is -0.380 e. The van der Waals surface area contributed by atoms with Gasteiger partial charge in [0.1, 0.15) is 5.69 Å². The molecule has 0 spiro atoms. The summed E-state index contributed by atoms with van der Waals surface area (Å²) in [6.07, 6.45) is 7.25. The summed E-state index contributed by atoms with van der Waals surface area (Å²) in [5.74, 6) is -0.121. The molecule has 2 N–H and O–H groups in total. The Hall–Kier alpha value is -2.43. The number of nitrogens with zero attached hydrogens (tertiary/aromatic N) is 2. The summed E-state index contributed by atoms with van der Waals surface area (Å²) in [6, 6.07) is 7.50. The Labute approximate surface area is 124 Å². The molecule has 0 aromatic carbocycles. The topological polar surface area (TPSA) is 66.9 Å². The standard InChI is InChI=1S/C16H20N4O/c1-2-3-8-18-16(21)15-5-4-14(12-20-15)19-11-13-6-9-17-10-7-13/h4-7,9-10,12,19H,2-3,8,11H2,1H3,(H,18,21). The number of hydrogen-bond acceptors (Lipinski definition) is 4. The smallest absolute Gasteiger partial charge is 0.269 e. The van der Waals surface area contributed by atoms with E-state index >= 15 is 0 Å². The maximum absolute atomic E-state index is 11.8. The number of anilines is 1. The van der Waals surface area contributed by atoms with Crippen molar-refractivity contribution in [2.24, 2.45) is 0 Å². The molecule has 110 valence electrons. The van der Waals surface area contributed by atoms with Gasteiger partial charge in [0.15, 0.2) is 0 Å². The fourth-order valence-electron chi connectivity index (χ4n) is 1.81. The van der Waals surface area contributed by atoms with Gasteiger partial charge in [0.25, 0.3) is 5.91 Å². The van der Waals surface area contributed by atoms with Gasteiger partial charge in [-0.05, 0) is 36.2 Å². The molecule has 0 radical (unpaired) electrons. The van der Waals surface area contributed by atoms with E-state index in [2.05, 4.69) is 27.5 Å². The number of carbonyl (C=O) groups is 1. The molecule has 21 heavy (non-hydrogen) atoms. The van der Waals surface area contributed by atoms with Crippen LogP contribution in [-0.4, -0.2) is 22.4 Å². The highest BCUT2D eigenvalue weighted by Gasteiger charge is 2.05. The Morgan fingerprint density at radius 1 is 1.19 bits per heavy atom. The number of carbonyl (C=O) groups excluding carboxylic acids is 1. The minimum absolute atomic E-state index is 0.121. The molecule has 2 heterocycles. The molecule has 2 aromatic heterocycles. The summed E-state index contributed by atoms with van der Waals surface area (Å²) in [6.45, 7) is 3.49. The lowest BCUT2D eigenvalue weighted by Gasteiger charge is -2.07. The second-order valence-electron chi connectivity index (χ2n) is 4.75. The van der Waals surface area contributed by atoms with Crippen LogP contribution in [0.25, 0.3) is 0 Å². The first-order valence-corrected chi connectivity index (χ1v) is 7.16. The zero-order valence-electron chi connectivity index (χ0n) is 12.2. The van der Waals surface area contributed by atoms with Crippen LogP contribution in [0.2, 0.25) is 0 Å². The molecule has 0 atom stereocenters. The van der Waals surface area contributed by atoms with Gasteiger partial charge >= 0.3 is 0 Å².